The number of alkyl halides is 1. The molecule has 0 amide bonds. The molecule has 0 radical (unpaired) electrons. The van der Waals surface area contributed by atoms with Gasteiger partial charge >= 0.3 is 0 Å². The molecule has 0 fully saturated rings. The molecule has 0 aliphatic carbocycles. The van der Waals surface area contributed by atoms with Gasteiger partial charge in [0.2, 0.25) is 0 Å². The van der Waals surface area contributed by atoms with E-state index in [0.29, 0.717) is 5.92 Å². The Labute approximate surface area is 128 Å². The SMILES string of the molecule is CCN(Cc1cccs1)CC(CBr)c1ccccc1. The van der Waals surface area contributed by atoms with Gasteiger partial charge in [-0.15, -0.1) is 11.3 Å². The van der Waals surface area contributed by atoms with Crippen LogP contribution in [0, 0.1) is 0 Å². The maximum absolute atomic E-state index is 3.66. The maximum Gasteiger partial charge on any atom is 0.0328 e. The second kappa shape index (κ2) is 7.83. The van der Waals surface area contributed by atoms with Crippen LogP contribution in [0.25, 0.3) is 0 Å². The van der Waals surface area contributed by atoms with E-state index < -0.39 is 0 Å². The lowest BCUT2D eigenvalue weighted by molar-refractivity contribution is 0.270. The Hall–Kier alpha value is -0.640. The van der Waals surface area contributed by atoms with Crippen LogP contribution >= 0.6 is 27.3 Å². The Bertz CT molecular complexity index is 455. The Morgan fingerprint density at radius 2 is 1.95 bits per heavy atom. The summed E-state index contributed by atoms with van der Waals surface area (Å²) in [4.78, 5) is 3.97. The molecule has 0 saturated heterocycles. The highest BCUT2D eigenvalue weighted by molar-refractivity contribution is 9.09. The second-order valence-electron chi connectivity index (χ2n) is 4.67. The van der Waals surface area contributed by atoms with Crippen molar-refractivity contribution >= 4 is 27.3 Å². The van der Waals surface area contributed by atoms with Gasteiger partial charge in [0, 0.05) is 29.2 Å². The third kappa shape index (κ3) is 4.44. The maximum atomic E-state index is 3.66. The molecule has 102 valence electrons. The van der Waals surface area contributed by atoms with Crippen LogP contribution in [0.4, 0.5) is 0 Å². The normalized spacial score (nSPS) is 12.8. The van der Waals surface area contributed by atoms with Crippen LogP contribution in [-0.2, 0) is 6.54 Å². The summed E-state index contributed by atoms with van der Waals surface area (Å²) in [6, 6.07) is 15.1. The number of hydrogen-bond acceptors (Lipinski definition) is 2. The summed E-state index contributed by atoms with van der Waals surface area (Å²) in [6.45, 7) is 5.49. The summed E-state index contributed by atoms with van der Waals surface area (Å²) < 4.78 is 0. The van der Waals surface area contributed by atoms with Crippen molar-refractivity contribution in [3.05, 3.63) is 58.3 Å². The Morgan fingerprint density at radius 3 is 2.53 bits per heavy atom. The van der Waals surface area contributed by atoms with Crippen LogP contribution in [-0.4, -0.2) is 23.3 Å². The highest BCUT2D eigenvalue weighted by atomic mass is 79.9. The molecule has 0 spiro atoms. The number of nitrogens with zero attached hydrogens (tertiary/aromatic N) is 1. The predicted molar refractivity (Wildman–Crippen MR) is 88.2 cm³/mol. The Morgan fingerprint density at radius 1 is 1.16 bits per heavy atom. The smallest absolute Gasteiger partial charge is 0.0328 e. The molecule has 1 aromatic carbocycles. The van der Waals surface area contributed by atoms with E-state index in [2.05, 4.69) is 75.6 Å². The molecular formula is C16H20BrNS. The zero-order valence-corrected chi connectivity index (χ0v) is 13.7. The molecule has 2 rings (SSSR count). The summed E-state index contributed by atoms with van der Waals surface area (Å²) in [5.74, 6) is 0.557. The minimum atomic E-state index is 0.557. The largest absolute Gasteiger partial charge is 0.298 e. The number of rotatable bonds is 7. The van der Waals surface area contributed by atoms with Gasteiger partial charge in [0.25, 0.3) is 0 Å². The first-order valence-electron chi connectivity index (χ1n) is 6.69. The van der Waals surface area contributed by atoms with E-state index in [1.54, 1.807) is 0 Å². The van der Waals surface area contributed by atoms with Crippen LogP contribution < -0.4 is 0 Å². The van der Waals surface area contributed by atoms with Crippen LogP contribution in [0.1, 0.15) is 23.3 Å². The van der Waals surface area contributed by atoms with E-state index in [-0.39, 0.29) is 0 Å². The van der Waals surface area contributed by atoms with Crippen molar-refractivity contribution in [3.8, 4) is 0 Å². The molecule has 0 bridgehead atoms. The fourth-order valence-electron chi connectivity index (χ4n) is 2.21. The van der Waals surface area contributed by atoms with Crippen molar-refractivity contribution in [3.63, 3.8) is 0 Å². The van der Waals surface area contributed by atoms with Gasteiger partial charge in [0.15, 0.2) is 0 Å². The highest BCUT2D eigenvalue weighted by Crippen LogP contribution is 2.21. The summed E-state index contributed by atoms with van der Waals surface area (Å²) in [6.07, 6.45) is 0. The number of thiophene rings is 1. The zero-order chi connectivity index (χ0) is 13.5. The molecule has 3 heteroatoms. The minimum Gasteiger partial charge on any atom is -0.298 e. The van der Waals surface area contributed by atoms with Crippen molar-refractivity contribution in [1.29, 1.82) is 0 Å². The van der Waals surface area contributed by atoms with Crippen molar-refractivity contribution in [1.82, 2.24) is 4.90 Å². The summed E-state index contributed by atoms with van der Waals surface area (Å²) in [5.41, 5.74) is 1.42. The van der Waals surface area contributed by atoms with Gasteiger partial charge < -0.3 is 0 Å². The topological polar surface area (TPSA) is 3.24 Å². The lowest BCUT2D eigenvalue weighted by Gasteiger charge is -2.25. The second-order valence-corrected chi connectivity index (χ2v) is 6.35. The zero-order valence-electron chi connectivity index (χ0n) is 11.3. The first-order valence-corrected chi connectivity index (χ1v) is 8.69. The average molecular weight is 338 g/mol. The molecule has 2 aromatic rings. The fraction of sp³-hybridized carbons (Fsp3) is 0.375. The van der Waals surface area contributed by atoms with Gasteiger partial charge in [0.1, 0.15) is 0 Å². The van der Waals surface area contributed by atoms with E-state index in [9.17, 15) is 0 Å². The molecular weight excluding hydrogens is 318 g/mol. The van der Waals surface area contributed by atoms with Crippen LogP contribution in [0.15, 0.2) is 47.8 Å². The monoisotopic (exact) mass is 337 g/mol. The van der Waals surface area contributed by atoms with E-state index in [4.69, 9.17) is 0 Å². The van der Waals surface area contributed by atoms with Crippen molar-refractivity contribution < 1.29 is 0 Å². The number of hydrogen-bond donors (Lipinski definition) is 0. The Kier molecular flexibility index (Phi) is 6.08. The number of benzene rings is 1. The van der Waals surface area contributed by atoms with Crippen molar-refractivity contribution in [2.24, 2.45) is 0 Å². The van der Waals surface area contributed by atoms with Crippen molar-refractivity contribution in [2.45, 2.75) is 19.4 Å². The van der Waals surface area contributed by atoms with Crippen molar-refractivity contribution in [2.75, 3.05) is 18.4 Å². The molecule has 0 aliphatic rings. The molecule has 1 heterocycles. The molecule has 0 N–H and O–H groups in total. The molecule has 1 atom stereocenters. The van der Waals surface area contributed by atoms with Gasteiger partial charge in [-0.05, 0) is 23.6 Å². The van der Waals surface area contributed by atoms with E-state index in [1.807, 2.05) is 11.3 Å². The third-order valence-corrected chi connectivity index (χ3v) is 4.99. The molecule has 0 aliphatic heterocycles. The lowest BCUT2D eigenvalue weighted by Crippen LogP contribution is -2.28. The lowest BCUT2D eigenvalue weighted by atomic mass is 10.0. The van der Waals surface area contributed by atoms with Gasteiger partial charge in [-0.3, -0.25) is 4.90 Å². The number of halogens is 1. The van der Waals surface area contributed by atoms with Gasteiger partial charge in [-0.1, -0.05) is 59.3 Å². The Balaban J connectivity index is 1.99. The molecule has 19 heavy (non-hydrogen) atoms. The summed E-state index contributed by atoms with van der Waals surface area (Å²) >= 11 is 5.51. The predicted octanol–water partition coefficient (Wildman–Crippen LogP) is 4.75. The van der Waals surface area contributed by atoms with Crippen LogP contribution in [0.5, 0.6) is 0 Å². The van der Waals surface area contributed by atoms with Gasteiger partial charge in [-0.2, -0.15) is 0 Å². The highest BCUT2D eigenvalue weighted by Gasteiger charge is 2.14. The quantitative estimate of drug-likeness (QED) is 0.659. The fourth-order valence-corrected chi connectivity index (χ4v) is 3.53. The van der Waals surface area contributed by atoms with Gasteiger partial charge in [0.05, 0.1) is 0 Å². The third-order valence-electron chi connectivity index (χ3n) is 3.34. The first kappa shape index (κ1) is 14.8. The first-order chi connectivity index (χ1) is 9.33. The molecule has 1 unspecified atom stereocenters. The summed E-state index contributed by atoms with van der Waals surface area (Å²) in [7, 11) is 0. The molecule has 0 saturated carbocycles. The molecule has 1 nitrogen and oxygen atoms in total. The van der Waals surface area contributed by atoms with Crippen LogP contribution in [0.2, 0.25) is 0 Å². The van der Waals surface area contributed by atoms with Gasteiger partial charge in [-0.25, -0.2) is 0 Å². The average Bonchev–Trinajstić information content (AvgIpc) is 2.97. The van der Waals surface area contributed by atoms with Crippen LogP contribution in [0.3, 0.4) is 0 Å². The van der Waals surface area contributed by atoms with E-state index in [0.717, 1.165) is 25.0 Å². The standard InChI is InChI=1S/C16H20BrNS/c1-2-18(13-16-9-6-10-19-16)12-15(11-17)14-7-4-3-5-8-14/h3-10,15H,2,11-13H2,1H3. The van der Waals surface area contributed by atoms with E-state index in [1.165, 1.54) is 10.4 Å². The molecule has 1 aromatic heterocycles. The minimum absolute atomic E-state index is 0.557. The van der Waals surface area contributed by atoms with E-state index >= 15 is 0 Å². The summed E-state index contributed by atoms with van der Waals surface area (Å²) in [5, 5.41) is 3.17. The number of likely N-dealkylation sites (N-methyl/N-ethyl adjacent to an activating group) is 1.